The fourth-order valence-electron chi connectivity index (χ4n) is 5.56. The lowest BCUT2D eigenvalue weighted by atomic mass is 9.79. The van der Waals surface area contributed by atoms with Crippen molar-refractivity contribution in [3.63, 3.8) is 0 Å². The first-order valence-corrected chi connectivity index (χ1v) is 12.2. The Labute approximate surface area is 206 Å². The third kappa shape index (κ3) is 4.92. The second kappa shape index (κ2) is 10.4. The number of phenols is 1. The van der Waals surface area contributed by atoms with Crippen molar-refractivity contribution >= 4 is 5.69 Å². The summed E-state index contributed by atoms with van der Waals surface area (Å²) in [5.74, 6) is 0.314. The van der Waals surface area contributed by atoms with E-state index in [-0.39, 0.29) is 29.9 Å². The van der Waals surface area contributed by atoms with E-state index in [1.54, 1.807) is 38.5 Å². The minimum absolute atomic E-state index is 0.0613. The standard InChI is InChI=1S/C29H32FNO4/c1-33-29(34-2)21-13-15-31(16-14-21)24-9-5-19(6-10-24)27-26-12-11-25(32)17-22(26)18-35-28(27)20-3-7-23(30)8-4-20/h3-12,17,21,27-29,32H,13-16,18H2,1-2H3. The molecule has 2 heterocycles. The minimum Gasteiger partial charge on any atom is -0.508 e. The molecule has 6 heteroatoms. The number of rotatable bonds is 6. The van der Waals surface area contributed by atoms with E-state index in [0.29, 0.717) is 12.5 Å². The average Bonchev–Trinajstić information content (AvgIpc) is 2.90. The van der Waals surface area contributed by atoms with E-state index in [9.17, 15) is 9.50 Å². The van der Waals surface area contributed by atoms with Crippen molar-refractivity contribution in [2.45, 2.75) is 37.8 Å². The molecule has 2 aliphatic heterocycles. The molecule has 0 amide bonds. The number of benzene rings is 3. The number of aromatic hydroxyl groups is 1. The number of fused-ring (bicyclic) bond motifs is 1. The van der Waals surface area contributed by atoms with E-state index in [1.807, 2.05) is 6.07 Å². The molecule has 0 spiro atoms. The predicted molar refractivity (Wildman–Crippen MR) is 133 cm³/mol. The Morgan fingerprint density at radius 3 is 2.23 bits per heavy atom. The summed E-state index contributed by atoms with van der Waals surface area (Å²) in [6.07, 6.45) is 1.66. The molecule has 3 aromatic rings. The van der Waals surface area contributed by atoms with Gasteiger partial charge < -0.3 is 24.2 Å². The Hall–Kier alpha value is -2.93. The van der Waals surface area contributed by atoms with Crippen LogP contribution in [0, 0.1) is 11.7 Å². The zero-order chi connectivity index (χ0) is 24.4. The summed E-state index contributed by atoms with van der Waals surface area (Å²) in [5, 5.41) is 10.0. The zero-order valence-corrected chi connectivity index (χ0v) is 20.2. The molecule has 0 bridgehead atoms. The number of anilines is 1. The van der Waals surface area contributed by atoms with Gasteiger partial charge in [-0.15, -0.1) is 0 Å². The number of ether oxygens (including phenoxy) is 3. The average molecular weight is 478 g/mol. The second-order valence-corrected chi connectivity index (χ2v) is 9.40. The van der Waals surface area contributed by atoms with Crippen LogP contribution < -0.4 is 4.90 Å². The van der Waals surface area contributed by atoms with Crippen LogP contribution in [0.4, 0.5) is 10.1 Å². The highest BCUT2D eigenvalue weighted by Crippen LogP contribution is 2.45. The fraction of sp³-hybridized carbons (Fsp3) is 0.379. The van der Waals surface area contributed by atoms with Gasteiger partial charge in [0.25, 0.3) is 0 Å². The van der Waals surface area contributed by atoms with Gasteiger partial charge in [-0.3, -0.25) is 0 Å². The van der Waals surface area contributed by atoms with Crippen molar-refractivity contribution in [1.82, 2.24) is 0 Å². The lowest BCUT2D eigenvalue weighted by Gasteiger charge is -2.37. The van der Waals surface area contributed by atoms with Gasteiger partial charge in [-0.05, 0) is 71.5 Å². The van der Waals surface area contributed by atoms with Crippen molar-refractivity contribution in [3.8, 4) is 5.75 Å². The molecule has 3 aromatic carbocycles. The summed E-state index contributed by atoms with van der Waals surface area (Å²) in [6.45, 7) is 2.32. The van der Waals surface area contributed by atoms with Crippen molar-refractivity contribution in [3.05, 3.63) is 94.8 Å². The van der Waals surface area contributed by atoms with Crippen LogP contribution in [0.5, 0.6) is 5.75 Å². The van der Waals surface area contributed by atoms with Crippen LogP contribution in [-0.2, 0) is 20.8 Å². The van der Waals surface area contributed by atoms with Gasteiger partial charge >= 0.3 is 0 Å². The molecule has 1 N–H and O–H groups in total. The van der Waals surface area contributed by atoms with Crippen LogP contribution in [0.15, 0.2) is 66.7 Å². The molecule has 0 radical (unpaired) electrons. The third-order valence-corrected chi connectivity index (χ3v) is 7.39. The maximum absolute atomic E-state index is 13.6. The summed E-state index contributed by atoms with van der Waals surface area (Å²) >= 11 is 0. The van der Waals surface area contributed by atoms with Gasteiger partial charge in [-0.25, -0.2) is 4.39 Å². The molecule has 0 saturated carbocycles. The molecule has 5 nitrogen and oxygen atoms in total. The summed E-state index contributed by atoms with van der Waals surface area (Å²) in [5.41, 5.74) is 5.36. The molecule has 2 unspecified atom stereocenters. The summed E-state index contributed by atoms with van der Waals surface area (Å²) in [4.78, 5) is 2.41. The molecule has 5 rings (SSSR count). The van der Waals surface area contributed by atoms with Crippen LogP contribution in [0.1, 0.15) is 47.1 Å². The highest BCUT2D eigenvalue weighted by atomic mass is 19.1. The molecule has 35 heavy (non-hydrogen) atoms. The Bertz CT molecular complexity index is 1120. The van der Waals surface area contributed by atoms with Gasteiger partial charge in [-0.1, -0.05) is 30.3 Å². The van der Waals surface area contributed by atoms with Gasteiger partial charge in [0.2, 0.25) is 0 Å². The fourth-order valence-corrected chi connectivity index (χ4v) is 5.56. The largest absolute Gasteiger partial charge is 0.508 e. The second-order valence-electron chi connectivity index (χ2n) is 9.40. The number of halogens is 1. The molecule has 2 aliphatic rings. The van der Waals surface area contributed by atoms with Gasteiger partial charge in [0, 0.05) is 44.8 Å². The molecule has 0 aliphatic carbocycles. The van der Waals surface area contributed by atoms with Gasteiger partial charge in [0.1, 0.15) is 11.6 Å². The van der Waals surface area contributed by atoms with Crippen LogP contribution in [0.25, 0.3) is 0 Å². The summed E-state index contributed by atoms with van der Waals surface area (Å²) < 4.78 is 30.8. The number of nitrogens with zero attached hydrogens (tertiary/aromatic N) is 1. The summed E-state index contributed by atoms with van der Waals surface area (Å²) in [6, 6.07) is 20.7. The van der Waals surface area contributed by atoms with Crippen molar-refractivity contribution < 1.29 is 23.7 Å². The number of piperidine rings is 1. The molecule has 1 fully saturated rings. The summed E-state index contributed by atoms with van der Waals surface area (Å²) in [7, 11) is 3.40. The predicted octanol–water partition coefficient (Wildman–Crippen LogP) is 5.77. The Balaban J connectivity index is 1.40. The molecular weight excluding hydrogens is 445 g/mol. The monoisotopic (exact) mass is 477 g/mol. The molecule has 0 aromatic heterocycles. The quantitative estimate of drug-likeness (QED) is 0.457. The topological polar surface area (TPSA) is 51.2 Å². The van der Waals surface area contributed by atoms with Crippen LogP contribution >= 0.6 is 0 Å². The van der Waals surface area contributed by atoms with E-state index < -0.39 is 0 Å². The first kappa shape index (κ1) is 23.8. The van der Waals surface area contributed by atoms with E-state index in [1.165, 1.54) is 17.8 Å². The third-order valence-electron chi connectivity index (χ3n) is 7.39. The molecule has 184 valence electrons. The molecule has 2 atom stereocenters. The van der Waals surface area contributed by atoms with Crippen molar-refractivity contribution in [2.24, 2.45) is 5.92 Å². The Morgan fingerprint density at radius 1 is 0.914 bits per heavy atom. The van der Waals surface area contributed by atoms with Crippen molar-refractivity contribution in [2.75, 3.05) is 32.2 Å². The van der Waals surface area contributed by atoms with Crippen LogP contribution in [-0.4, -0.2) is 38.7 Å². The van der Waals surface area contributed by atoms with E-state index in [2.05, 4.69) is 29.2 Å². The number of hydrogen-bond donors (Lipinski definition) is 1. The lowest BCUT2D eigenvalue weighted by molar-refractivity contribution is -0.141. The SMILES string of the molecule is COC(OC)C1CCN(c2ccc(C3c4ccc(O)cc4COC3c3ccc(F)cc3)cc2)CC1. The smallest absolute Gasteiger partial charge is 0.159 e. The Morgan fingerprint density at radius 2 is 1.57 bits per heavy atom. The van der Waals surface area contributed by atoms with Gasteiger partial charge in [0.15, 0.2) is 6.29 Å². The van der Waals surface area contributed by atoms with Crippen LogP contribution in [0.3, 0.4) is 0 Å². The molecular formula is C29H32FNO4. The number of hydrogen-bond acceptors (Lipinski definition) is 5. The normalized spacial score (nSPS) is 20.7. The first-order chi connectivity index (χ1) is 17.1. The van der Waals surface area contributed by atoms with Crippen molar-refractivity contribution in [1.29, 1.82) is 0 Å². The highest BCUT2D eigenvalue weighted by Gasteiger charge is 2.33. The first-order valence-electron chi connectivity index (χ1n) is 12.2. The maximum Gasteiger partial charge on any atom is 0.159 e. The number of methoxy groups -OCH3 is 2. The maximum atomic E-state index is 13.6. The minimum atomic E-state index is -0.262. The number of phenolic OH excluding ortho intramolecular Hbond substituents is 1. The van der Waals surface area contributed by atoms with Crippen LogP contribution in [0.2, 0.25) is 0 Å². The lowest BCUT2D eigenvalue weighted by Crippen LogP contribution is -2.39. The zero-order valence-electron chi connectivity index (χ0n) is 20.2. The van der Waals surface area contributed by atoms with E-state index in [4.69, 9.17) is 14.2 Å². The van der Waals surface area contributed by atoms with E-state index >= 15 is 0 Å². The van der Waals surface area contributed by atoms with E-state index in [0.717, 1.165) is 48.2 Å². The van der Waals surface area contributed by atoms with Gasteiger partial charge in [-0.2, -0.15) is 0 Å². The highest BCUT2D eigenvalue weighted by molar-refractivity contribution is 5.52. The Kier molecular flexibility index (Phi) is 7.04. The van der Waals surface area contributed by atoms with Gasteiger partial charge in [0.05, 0.1) is 12.7 Å². The molecule has 1 saturated heterocycles.